The van der Waals surface area contributed by atoms with E-state index in [1.54, 1.807) is 60.7 Å². The predicted molar refractivity (Wildman–Crippen MR) is 79.7 cm³/mol. The molecule has 0 aliphatic heterocycles. The van der Waals surface area contributed by atoms with Crippen LogP contribution >= 0.6 is 0 Å². The van der Waals surface area contributed by atoms with Crippen molar-refractivity contribution in [2.45, 2.75) is 0 Å². The van der Waals surface area contributed by atoms with Crippen LogP contribution in [0.2, 0.25) is 0 Å². The second kappa shape index (κ2) is 6.32. The number of nitrogens with zero attached hydrogens (tertiary/aromatic N) is 1. The van der Waals surface area contributed by atoms with Crippen LogP contribution in [0.4, 0.5) is 0 Å². The summed E-state index contributed by atoms with van der Waals surface area (Å²) in [7, 11) is -3.78. The summed E-state index contributed by atoms with van der Waals surface area (Å²) in [5, 5.41) is 3.52. The van der Waals surface area contributed by atoms with Gasteiger partial charge in [-0.3, -0.25) is 9.08 Å². The minimum absolute atomic E-state index is 0.0628. The van der Waals surface area contributed by atoms with Crippen LogP contribution in [-0.2, 0) is 14.4 Å². The van der Waals surface area contributed by atoms with Crippen LogP contribution in [0.5, 0.6) is 0 Å². The van der Waals surface area contributed by atoms with E-state index in [9.17, 15) is 13.2 Å². The third kappa shape index (κ3) is 4.25. The van der Waals surface area contributed by atoms with Crippen LogP contribution < -0.4 is 0 Å². The fraction of sp³-hybridized carbons (Fsp3) is 0.0667. The summed E-state index contributed by atoms with van der Waals surface area (Å²) < 4.78 is 26.6. The van der Waals surface area contributed by atoms with Crippen LogP contribution in [0.15, 0.2) is 65.8 Å². The number of carbonyl (C=O) groups excluding carboxylic acids is 1. The molecular weight excluding hydrogens is 290 g/mol. The first-order chi connectivity index (χ1) is 9.97. The van der Waals surface area contributed by atoms with Gasteiger partial charge in [-0.05, 0) is 0 Å². The Morgan fingerprint density at radius 1 is 0.905 bits per heavy atom. The summed E-state index contributed by atoms with van der Waals surface area (Å²) in [5.74, 6) is -0.412. The van der Waals surface area contributed by atoms with Gasteiger partial charge >= 0.3 is 10.1 Å². The number of benzene rings is 2. The first-order valence-electron chi connectivity index (χ1n) is 6.09. The molecule has 21 heavy (non-hydrogen) atoms. The summed E-state index contributed by atoms with van der Waals surface area (Å²) in [4.78, 5) is 12.5. The Hall–Kier alpha value is -2.47. The molecule has 0 bridgehead atoms. The highest BCUT2D eigenvalue weighted by molar-refractivity contribution is 7.85. The number of Topliss-reactive ketones (excluding diaryl/α,β-unsaturated/α-hetero) is 1. The second-order valence-corrected chi connectivity index (χ2v) is 5.84. The Labute approximate surface area is 123 Å². The first kappa shape index (κ1) is 14.9. The lowest BCUT2D eigenvalue weighted by Crippen LogP contribution is -2.17. The molecule has 0 heterocycles. The lowest BCUT2D eigenvalue weighted by atomic mass is 10.0. The molecule has 0 aliphatic carbocycles. The van der Waals surface area contributed by atoms with Gasteiger partial charge in [0.15, 0.2) is 5.71 Å². The van der Waals surface area contributed by atoms with Gasteiger partial charge in [0.05, 0.1) is 6.26 Å². The zero-order valence-electron chi connectivity index (χ0n) is 11.3. The third-order valence-corrected chi connectivity index (χ3v) is 2.91. The minimum atomic E-state index is -3.78. The maximum absolute atomic E-state index is 12.5. The van der Waals surface area contributed by atoms with Crippen LogP contribution in [0, 0.1) is 0 Å². The summed E-state index contributed by atoms with van der Waals surface area (Å²) in [6, 6.07) is 17.0. The molecule has 0 saturated heterocycles. The van der Waals surface area contributed by atoms with Gasteiger partial charge < -0.3 is 0 Å². The third-order valence-electron chi connectivity index (χ3n) is 2.56. The van der Waals surface area contributed by atoms with Crippen molar-refractivity contribution >= 4 is 21.6 Å². The largest absolute Gasteiger partial charge is 0.325 e. The number of rotatable bonds is 5. The maximum Gasteiger partial charge on any atom is 0.325 e. The van der Waals surface area contributed by atoms with E-state index < -0.39 is 15.9 Å². The van der Waals surface area contributed by atoms with Gasteiger partial charge in [0, 0.05) is 11.1 Å². The minimum Gasteiger partial charge on any atom is -0.287 e. The molecule has 0 N–H and O–H groups in total. The molecule has 0 atom stereocenters. The van der Waals surface area contributed by atoms with Gasteiger partial charge in [-0.15, -0.1) is 0 Å². The molecule has 0 radical (unpaired) electrons. The Bertz CT molecular complexity index is 753. The summed E-state index contributed by atoms with van der Waals surface area (Å²) in [6.45, 7) is 0. The van der Waals surface area contributed by atoms with E-state index in [0.717, 1.165) is 6.26 Å². The van der Waals surface area contributed by atoms with Crippen molar-refractivity contribution in [3.63, 3.8) is 0 Å². The molecule has 0 fully saturated rings. The maximum atomic E-state index is 12.5. The van der Waals surface area contributed by atoms with Gasteiger partial charge in [0.1, 0.15) is 0 Å². The molecular formula is C15H13NO4S. The molecule has 108 valence electrons. The molecule has 0 aromatic heterocycles. The molecule has 0 saturated carbocycles. The number of carbonyl (C=O) groups is 1. The average Bonchev–Trinajstić information content (AvgIpc) is 2.48. The van der Waals surface area contributed by atoms with Crippen LogP contribution in [0.3, 0.4) is 0 Å². The van der Waals surface area contributed by atoms with Crippen molar-refractivity contribution < 1.29 is 17.5 Å². The number of ketones is 1. The van der Waals surface area contributed by atoms with Crippen molar-refractivity contribution in [1.82, 2.24) is 0 Å². The predicted octanol–water partition coefficient (Wildman–Crippen LogP) is 2.25. The van der Waals surface area contributed by atoms with Gasteiger partial charge in [-0.1, -0.05) is 65.8 Å². The highest BCUT2D eigenvalue weighted by atomic mass is 32.2. The highest BCUT2D eigenvalue weighted by Crippen LogP contribution is 2.10. The smallest absolute Gasteiger partial charge is 0.287 e. The molecule has 2 rings (SSSR count). The van der Waals surface area contributed by atoms with Crippen molar-refractivity contribution in [3.8, 4) is 0 Å². The molecule has 0 aliphatic rings. The van der Waals surface area contributed by atoms with Gasteiger partial charge in [-0.2, -0.15) is 8.42 Å². The second-order valence-electron chi connectivity index (χ2n) is 4.28. The van der Waals surface area contributed by atoms with E-state index in [0.29, 0.717) is 11.1 Å². The van der Waals surface area contributed by atoms with Crippen LogP contribution in [0.25, 0.3) is 0 Å². The Morgan fingerprint density at radius 2 is 1.38 bits per heavy atom. The average molecular weight is 303 g/mol. The fourth-order valence-electron chi connectivity index (χ4n) is 1.65. The van der Waals surface area contributed by atoms with E-state index in [-0.39, 0.29) is 5.71 Å². The van der Waals surface area contributed by atoms with E-state index in [1.165, 1.54) is 0 Å². The Balaban J connectivity index is 2.44. The van der Waals surface area contributed by atoms with E-state index in [2.05, 4.69) is 9.44 Å². The SMILES string of the molecule is CS(=O)(=O)O/N=C(/C(=O)c1ccccc1)c1ccccc1. The zero-order chi connectivity index (χ0) is 15.3. The molecule has 0 unspecified atom stereocenters. The first-order valence-corrected chi connectivity index (χ1v) is 7.91. The van der Waals surface area contributed by atoms with Gasteiger partial charge in [0.25, 0.3) is 0 Å². The van der Waals surface area contributed by atoms with Gasteiger partial charge in [-0.25, -0.2) is 0 Å². The molecule has 0 amide bonds. The van der Waals surface area contributed by atoms with Crippen LogP contribution in [0.1, 0.15) is 15.9 Å². The number of hydrogen-bond donors (Lipinski definition) is 0. The van der Waals surface area contributed by atoms with Crippen molar-refractivity contribution in [1.29, 1.82) is 0 Å². The molecule has 6 heteroatoms. The molecule has 2 aromatic rings. The topological polar surface area (TPSA) is 72.8 Å². The fourth-order valence-corrected chi connectivity index (χ4v) is 1.86. The summed E-state index contributed by atoms with van der Waals surface area (Å²) >= 11 is 0. The Kier molecular flexibility index (Phi) is 4.49. The van der Waals surface area contributed by atoms with Crippen LogP contribution in [-0.4, -0.2) is 26.2 Å². The van der Waals surface area contributed by atoms with Crippen molar-refractivity contribution in [2.75, 3.05) is 6.26 Å². The van der Waals surface area contributed by atoms with Crippen molar-refractivity contribution in [2.24, 2.45) is 5.16 Å². The standard InChI is InChI=1S/C15H13NO4S/c1-21(18,19)20-16-14(12-8-4-2-5-9-12)15(17)13-10-6-3-7-11-13/h2-11H,1H3/b16-14+. The van der Waals surface area contributed by atoms with Crippen molar-refractivity contribution in [3.05, 3.63) is 71.8 Å². The monoisotopic (exact) mass is 303 g/mol. The lowest BCUT2D eigenvalue weighted by molar-refractivity contribution is 0.106. The summed E-state index contributed by atoms with van der Waals surface area (Å²) in [6.07, 6.45) is 0.867. The Morgan fingerprint density at radius 3 is 1.86 bits per heavy atom. The van der Waals surface area contributed by atoms with Gasteiger partial charge in [0.2, 0.25) is 5.78 Å². The highest BCUT2D eigenvalue weighted by Gasteiger charge is 2.18. The summed E-state index contributed by atoms with van der Waals surface area (Å²) in [5.41, 5.74) is 0.819. The normalized spacial score (nSPS) is 12.0. The number of oxime groups is 1. The molecule has 2 aromatic carbocycles. The molecule has 0 spiro atoms. The van der Waals surface area contributed by atoms with E-state index in [4.69, 9.17) is 0 Å². The lowest BCUT2D eigenvalue weighted by Gasteiger charge is -2.05. The quantitative estimate of drug-likeness (QED) is 0.482. The number of hydrogen-bond acceptors (Lipinski definition) is 5. The van der Waals surface area contributed by atoms with E-state index in [1.807, 2.05) is 0 Å². The van der Waals surface area contributed by atoms with E-state index >= 15 is 0 Å². The molecule has 5 nitrogen and oxygen atoms in total. The zero-order valence-corrected chi connectivity index (χ0v) is 12.1.